The Labute approximate surface area is 216 Å². The Bertz CT molecular complexity index is 1410. The maximum atomic E-state index is 15.1. The average molecular weight is 560 g/mol. The number of nitrogens with two attached hydrogens (primary N) is 1. The number of pyridine rings is 1. The number of halogens is 5. The summed E-state index contributed by atoms with van der Waals surface area (Å²) in [6, 6.07) is 4.82. The first-order valence-corrected chi connectivity index (χ1v) is 13.3. The molecule has 1 aromatic carbocycles. The summed E-state index contributed by atoms with van der Waals surface area (Å²) in [7, 11) is -4.18. The van der Waals surface area contributed by atoms with Gasteiger partial charge in [-0.25, -0.2) is 27.3 Å². The van der Waals surface area contributed by atoms with E-state index in [1.54, 1.807) is 18.4 Å². The Morgan fingerprint density at radius 2 is 1.92 bits per heavy atom. The predicted molar refractivity (Wildman–Crippen MR) is 127 cm³/mol. The number of ether oxygens (including phenoxy) is 1. The van der Waals surface area contributed by atoms with Crippen LogP contribution in [-0.4, -0.2) is 46.9 Å². The summed E-state index contributed by atoms with van der Waals surface area (Å²) >= 11 is 0. The number of aromatic nitrogens is 4. The Kier molecular flexibility index (Phi) is 7.49. The molecule has 0 bridgehead atoms. The smallest absolute Gasteiger partial charge is 0.422 e. The first-order valence-electron chi connectivity index (χ1n) is 11.8. The molecule has 0 saturated heterocycles. The van der Waals surface area contributed by atoms with Crippen LogP contribution in [0.5, 0.6) is 5.88 Å². The zero-order valence-corrected chi connectivity index (χ0v) is 21.4. The highest BCUT2D eigenvalue weighted by atomic mass is 32.2. The fourth-order valence-electron chi connectivity index (χ4n) is 5.15. The summed E-state index contributed by atoms with van der Waals surface area (Å²) in [5.41, 5.74) is 1.54. The van der Waals surface area contributed by atoms with Crippen LogP contribution in [-0.2, 0) is 16.4 Å². The van der Waals surface area contributed by atoms with Crippen molar-refractivity contribution in [2.24, 2.45) is 5.14 Å². The Hall–Kier alpha value is -3.13. The third-order valence-electron chi connectivity index (χ3n) is 6.59. The van der Waals surface area contributed by atoms with Gasteiger partial charge in [-0.2, -0.15) is 13.2 Å². The van der Waals surface area contributed by atoms with Crippen LogP contribution in [0, 0.1) is 6.92 Å². The fourth-order valence-corrected chi connectivity index (χ4v) is 6.00. The molecule has 2 heterocycles. The molecule has 0 aliphatic heterocycles. The quantitative estimate of drug-likeness (QED) is 0.410. The van der Waals surface area contributed by atoms with E-state index in [9.17, 15) is 21.6 Å². The summed E-state index contributed by atoms with van der Waals surface area (Å²) in [6.45, 7) is 1.84. The molecule has 2 aromatic heterocycles. The molecule has 206 valence electrons. The van der Waals surface area contributed by atoms with Crippen LogP contribution in [0.25, 0.3) is 11.1 Å². The molecule has 0 unspecified atom stereocenters. The molecule has 8 nitrogen and oxygen atoms in total. The number of nitrogens with zero attached hydrogens (tertiary/aromatic N) is 4. The van der Waals surface area contributed by atoms with Crippen molar-refractivity contribution in [2.75, 3.05) is 6.61 Å². The minimum atomic E-state index is -4.54. The monoisotopic (exact) mass is 559 g/mol. The third-order valence-corrected chi connectivity index (χ3v) is 7.59. The standard InChI is InChI=1S/C24H26F5N5O3S/c1-3-18-20(38(30,35)36)6-5-19(15-4-7-21(31-11-15)37-12-24(27,28)29)22(18)16-8-17(10-23(25,26)9-16)34-13-32-33-14(34)2/h4-7,11,13,16-17H,3,8-10,12H2,1-2H3,(H2,30,35,36)/t16-,17+/m1/s1. The highest BCUT2D eigenvalue weighted by molar-refractivity contribution is 7.89. The molecule has 4 rings (SSSR count). The van der Waals surface area contributed by atoms with E-state index in [2.05, 4.69) is 19.9 Å². The lowest BCUT2D eigenvalue weighted by Crippen LogP contribution is -2.33. The van der Waals surface area contributed by atoms with Crippen LogP contribution in [0.4, 0.5) is 22.0 Å². The minimum Gasteiger partial charge on any atom is -0.468 e. The maximum Gasteiger partial charge on any atom is 0.422 e. The van der Waals surface area contributed by atoms with E-state index >= 15 is 8.78 Å². The number of rotatable bonds is 7. The predicted octanol–water partition coefficient (Wildman–Crippen LogP) is 4.94. The van der Waals surface area contributed by atoms with Gasteiger partial charge in [0.1, 0.15) is 12.2 Å². The number of hydrogen-bond donors (Lipinski definition) is 1. The van der Waals surface area contributed by atoms with Crippen LogP contribution < -0.4 is 9.88 Å². The first-order chi connectivity index (χ1) is 17.7. The van der Waals surface area contributed by atoms with E-state index in [-0.39, 0.29) is 23.6 Å². The highest BCUT2D eigenvalue weighted by Gasteiger charge is 2.44. The van der Waals surface area contributed by atoms with Crippen LogP contribution in [0.1, 0.15) is 55.1 Å². The molecule has 3 aromatic rings. The van der Waals surface area contributed by atoms with Crippen molar-refractivity contribution in [3.05, 3.63) is 53.7 Å². The normalized spacial score (nSPS) is 19.9. The Morgan fingerprint density at radius 3 is 2.47 bits per heavy atom. The van der Waals surface area contributed by atoms with E-state index in [1.807, 2.05) is 0 Å². The van der Waals surface area contributed by atoms with Crippen molar-refractivity contribution < 1.29 is 35.1 Å². The molecule has 0 spiro atoms. The lowest BCUT2D eigenvalue weighted by Gasteiger charge is -2.37. The molecule has 2 atom stereocenters. The van der Waals surface area contributed by atoms with E-state index in [0.717, 1.165) is 0 Å². The topological polar surface area (TPSA) is 113 Å². The summed E-state index contributed by atoms with van der Waals surface area (Å²) in [6.07, 6.45) is -2.40. The van der Waals surface area contributed by atoms with Gasteiger partial charge in [-0.05, 0) is 54.5 Å². The molecule has 1 aliphatic rings. The lowest BCUT2D eigenvalue weighted by molar-refractivity contribution is -0.154. The fraction of sp³-hybridized carbons (Fsp3) is 0.458. The van der Waals surface area contributed by atoms with Crippen molar-refractivity contribution >= 4 is 10.0 Å². The third kappa shape index (κ3) is 6.12. The van der Waals surface area contributed by atoms with Crippen molar-refractivity contribution in [1.82, 2.24) is 19.7 Å². The minimum absolute atomic E-state index is 0.164. The number of hydrogen-bond acceptors (Lipinski definition) is 6. The molecule has 2 N–H and O–H groups in total. The summed E-state index contributed by atoms with van der Waals surface area (Å²) in [4.78, 5) is 3.77. The van der Waals surface area contributed by atoms with Gasteiger partial charge >= 0.3 is 6.18 Å². The second kappa shape index (κ2) is 10.2. The van der Waals surface area contributed by atoms with Gasteiger partial charge in [0, 0.05) is 36.7 Å². The van der Waals surface area contributed by atoms with E-state index in [1.165, 1.54) is 36.8 Å². The van der Waals surface area contributed by atoms with Gasteiger partial charge in [0.2, 0.25) is 15.9 Å². The average Bonchev–Trinajstić information content (AvgIpc) is 3.26. The molecule has 0 amide bonds. The largest absolute Gasteiger partial charge is 0.468 e. The SMILES string of the molecule is CCc1c(S(N)(=O)=O)ccc(-c2ccc(OCC(F)(F)F)nc2)c1[C@@H]1C[C@H](n2cnnc2C)CC(F)(F)C1. The van der Waals surface area contributed by atoms with E-state index < -0.39 is 53.5 Å². The van der Waals surface area contributed by atoms with Gasteiger partial charge < -0.3 is 9.30 Å². The molecular weight excluding hydrogens is 533 g/mol. The summed E-state index contributed by atoms with van der Waals surface area (Å²) in [5.74, 6) is -3.65. The molecule has 0 radical (unpaired) electrons. The van der Waals surface area contributed by atoms with Crippen LogP contribution in [0.3, 0.4) is 0 Å². The molecule has 1 saturated carbocycles. The molecular formula is C24H26F5N5O3S. The second-order valence-corrected chi connectivity index (χ2v) is 10.9. The van der Waals surface area contributed by atoms with Crippen molar-refractivity contribution in [3.8, 4) is 17.0 Å². The van der Waals surface area contributed by atoms with Gasteiger partial charge in [0.25, 0.3) is 5.92 Å². The number of alkyl halides is 5. The lowest BCUT2D eigenvalue weighted by atomic mass is 9.75. The van der Waals surface area contributed by atoms with E-state index in [0.29, 0.717) is 28.1 Å². The Morgan fingerprint density at radius 1 is 1.18 bits per heavy atom. The number of aryl methyl sites for hydroxylation is 1. The first kappa shape index (κ1) is 27.9. The highest BCUT2D eigenvalue weighted by Crippen LogP contribution is 2.50. The van der Waals surface area contributed by atoms with Crippen LogP contribution in [0.2, 0.25) is 0 Å². The molecule has 1 fully saturated rings. The van der Waals surface area contributed by atoms with Crippen molar-refractivity contribution in [2.45, 2.75) is 68.5 Å². The van der Waals surface area contributed by atoms with Gasteiger partial charge in [0.05, 0.1) is 4.90 Å². The van der Waals surface area contributed by atoms with Crippen LogP contribution in [0.15, 0.2) is 41.7 Å². The van der Waals surface area contributed by atoms with Crippen LogP contribution >= 0.6 is 0 Å². The summed E-state index contributed by atoms with van der Waals surface area (Å²) in [5, 5.41) is 13.2. The second-order valence-electron chi connectivity index (χ2n) is 9.33. The Balaban J connectivity index is 1.83. The summed E-state index contributed by atoms with van der Waals surface area (Å²) < 4.78 is 98.8. The van der Waals surface area contributed by atoms with Crippen molar-refractivity contribution in [1.29, 1.82) is 0 Å². The van der Waals surface area contributed by atoms with E-state index in [4.69, 9.17) is 5.14 Å². The van der Waals surface area contributed by atoms with Crippen molar-refractivity contribution in [3.63, 3.8) is 0 Å². The maximum absolute atomic E-state index is 15.1. The van der Waals surface area contributed by atoms with Gasteiger partial charge in [-0.1, -0.05) is 13.0 Å². The molecule has 14 heteroatoms. The zero-order chi connectivity index (χ0) is 27.9. The number of sulfonamides is 1. The van der Waals surface area contributed by atoms with Gasteiger partial charge in [-0.15, -0.1) is 10.2 Å². The van der Waals surface area contributed by atoms with Gasteiger partial charge in [-0.3, -0.25) is 0 Å². The number of primary sulfonamides is 1. The van der Waals surface area contributed by atoms with Gasteiger partial charge in [0.15, 0.2) is 6.61 Å². The molecule has 38 heavy (non-hydrogen) atoms. The zero-order valence-electron chi connectivity index (χ0n) is 20.5. The number of benzene rings is 1. The molecule has 1 aliphatic carbocycles.